The number of carbonyl (C=O) groups is 2. The molecule has 3 aromatic carbocycles. The lowest BCUT2D eigenvalue weighted by Gasteiger charge is -2.10. The summed E-state index contributed by atoms with van der Waals surface area (Å²) >= 11 is 0. The SMILES string of the molecule is COc1ccc(-c2oc(NC(=O)COC(=O)c3ccc(OC)cc3OC)c(C#N)c2-c2ccc(OC)cc2)cc1. The molecule has 0 fully saturated rings. The van der Waals surface area contributed by atoms with Crippen molar-refractivity contribution in [1.29, 1.82) is 5.26 Å². The van der Waals surface area contributed by atoms with Crippen LogP contribution in [-0.4, -0.2) is 46.9 Å². The zero-order valence-corrected chi connectivity index (χ0v) is 22.3. The number of hydrogen-bond acceptors (Lipinski definition) is 9. The summed E-state index contributed by atoms with van der Waals surface area (Å²) in [6, 6.07) is 20.9. The van der Waals surface area contributed by atoms with E-state index in [0.29, 0.717) is 39.7 Å². The molecule has 0 atom stereocenters. The normalized spacial score (nSPS) is 10.3. The minimum absolute atomic E-state index is 0.0813. The number of hydrogen-bond donors (Lipinski definition) is 1. The Balaban J connectivity index is 1.62. The van der Waals surface area contributed by atoms with E-state index >= 15 is 0 Å². The fourth-order valence-electron chi connectivity index (χ4n) is 3.94. The number of esters is 1. The maximum Gasteiger partial charge on any atom is 0.342 e. The number of furan rings is 1. The van der Waals surface area contributed by atoms with Crippen LogP contribution >= 0.6 is 0 Å². The Morgan fingerprint density at radius 3 is 1.93 bits per heavy atom. The number of rotatable bonds is 10. The van der Waals surface area contributed by atoms with E-state index in [-0.39, 0.29) is 22.8 Å². The Hall–Kier alpha value is -5.43. The Kier molecular flexibility index (Phi) is 8.56. The Bertz CT molecular complexity index is 1550. The molecule has 40 heavy (non-hydrogen) atoms. The molecule has 0 aliphatic heterocycles. The molecule has 0 spiro atoms. The lowest BCUT2D eigenvalue weighted by molar-refractivity contribution is -0.119. The molecule has 0 radical (unpaired) electrons. The number of benzene rings is 3. The highest BCUT2D eigenvalue weighted by molar-refractivity contribution is 5.98. The summed E-state index contributed by atoms with van der Waals surface area (Å²) in [6.07, 6.45) is 0. The highest BCUT2D eigenvalue weighted by atomic mass is 16.5. The molecule has 10 nitrogen and oxygen atoms in total. The van der Waals surface area contributed by atoms with Crippen LogP contribution in [0.5, 0.6) is 23.0 Å². The van der Waals surface area contributed by atoms with Crippen molar-refractivity contribution in [3.63, 3.8) is 0 Å². The van der Waals surface area contributed by atoms with Gasteiger partial charge in [-0.25, -0.2) is 4.79 Å². The Morgan fingerprint density at radius 1 is 0.800 bits per heavy atom. The summed E-state index contributed by atoms with van der Waals surface area (Å²) in [4.78, 5) is 25.4. The van der Waals surface area contributed by atoms with E-state index in [1.165, 1.54) is 26.4 Å². The largest absolute Gasteiger partial charge is 0.497 e. The van der Waals surface area contributed by atoms with E-state index in [1.807, 2.05) is 0 Å². The number of methoxy groups -OCH3 is 4. The predicted octanol–water partition coefficient (Wildman–Crippen LogP) is 5.32. The second-order valence-electron chi connectivity index (χ2n) is 8.27. The van der Waals surface area contributed by atoms with Gasteiger partial charge in [0.25, 0.3) is 5.91 Å². The lowest BCUT2D eigenvalue weighted by atomic mass is 9.98. The van der Waals surface area contributed by atoms with E-state index < -0.39 is 18.5 Å². The van der Waals surface area contributed by atoms with E-state index in [9.17, 15) is 14.9 Å². The molecule has 4 rings (SSSR count). The third-order valence-electron chi connectivity index (χ3n) is 5.97. The van der Waals surface area contributed by atoms with Crippen LogP contribution in [0.1, 0.15) is 15.9 Å². The van der Waals surface area contributed by atoms with Gasteiger partial charge in [-0.2, -0.15) is 5.26 Å². The highest BCUT2D eigenvalue weighted by Crippen LogP contribution is 2.42. The second kappa shape index (κ2) is 12.4. The first-order valence-corrected chi connectivity index (χ1v) is 12.0. The van der Waals surface area contributed by atoms with Gasteiger partial charge in [-0.05, 0) is 54.1 Å². The average Bonchev–Trinajstić information content (AvgIpc) is 3.37. The third kappa shape index (κ3) is 5.84. The Labute approximate surface area is 230 Å². The molecule has 204 valence electrons. The van der Waals surface area contributed by atoms with Crippen LogP contribution in [0.4, 0.5) is 5.88 Å². The van der Waals surface area contributed by atoms with Gasteiger partial charge in [-0.3, -0.25) is 10.1 Å². The molecule has 0 aliphatic rings. The molecule has 1 amide bonds. The molecular formula is C30H26N2O8. The van der Waals surface area contributed by atoms with Gasteiger partial charge >= 0.3 is 5.97 Å². The monoisotopic (exact) mass is 542 g/mol. The number of anilines is 1. The molecule has 0 saturated carbocycles. The number of carbonyl (C=O) groups excluding carboxylic acids is 2. The molecular weight excluding hydrogens is 516 g/mol. The summed E-state index contributed by atoms with van der Waals surface area (Å²) in [7, 11) is 6.01. The van der Waals surface area contributed by atoms with Crippen LogP contribution in [0.15, 0.2) is 71.1 Å². The number of nitrogens with one attached hydrogen (secondary N) is 1. The topological polar surface area (TPSA) is 129 Å². The van der Waals surface area contributed by atoms with Gasteiger partial charge in [-0.1, -0.05) is 12.1 Å². The number of nitrogens with zero attached hydrogens (tertiary/aromatic N) is 1. The standard InChI is InChI=1S/C30H26N2O8/c1-35-20-9-5-18(6-10-20)27-24(16-31)29(40-28(27)19-7-11-21(36-2)12-8-19)32-26(33)17-39-30(34)23-14-13-22(37-3)15-25(23)38-4/h5-15H,17H2,1-4H3,(H,32,33). The van der Waals surface area contributed by atoms with Gasteiger partial charge in [0, 0.05) is 17.2 Å². The molecule has 0 saturated heterocycles. The van der Waals surface area contributed by atoms with Crippen molar-refractivity contribution >= 4 is 17.8 Å². The summed E-state index contributed by atoms with van der Waals surface area (Å²) in [5, 5.41) is 12.6. The van der Waals surface area contributed by atoms with Crippen molar-refractivity contribution in [3.8, 4) is 51.5 Å². The zero-order valence-electron chi connectivity index (χ0n) is 22.3. The maximum atomic E-state index is 12.8. The predicted molar refractivity (Wildman–Crippen MR) is 146 cm³/mol. The molecule has 10 heteroatoms. The summed E-state index contributed by atoms with van der Waals surface area (Å²) in [5.41, 5.74) is 2.03. The molecule has 0 bridgehead atoms. The van der Waals surface area contributed by atoms with E-state index in [1.54, 1.807) is 68.8 Å². The number of nitriles is 1. The van der Waals surface area contributed by atoms with Gasteiger partial charge in [-0.15, -0.1) is 0 Å². The van der Waals surface area contributed by atoms with Crippen molar-refractivity contribution in [2.75, 3.05) is 40.4 Å². The minimum Gasteiger partial charge on any atom is -0.497 e. The summed E-state index contributed by atoms with van der Waals surface area (Å²) in [5.74, 6) is 0.818. The summed E-state index contributed by atoms with van der Waals surface area (Å²) < 4.78 is 32.1. The molecule has 4 aromatic rings. The van der Waals surface area contributed by atoms with Crippen molar-refractivity contribution in [2.24, 2.45) is 0 Å². The van der Waals surface area contributed by atoms with Crippen LogP contribution in [0.3, 0.4) is 0 Å². The third-order valence-corrected chi connectivity index (χ3v) is 5.97. The van der Waals surface area contributed by atoms with E-state index in [4.69, 9.17) is 28.1 Å². The van der Waals surface area contributed by atoms with Crippen LogP contribution in [-0.2, 0) is 9.53 Å². The minimum atomic E-state index is -0.771. The fraction of sp³-hybridized carbons (Fsp3) is 0.167. The van der Waals surface area contributed by atoms with Gasteiger partial charge in [0.2, 0.25) is 5.88 Å². The number of amides is 1. The van der Waals surface area contributed by atoms with Crippen LogP contribution in [0.2, 0.25) is 0 Å². The first-order chi connectivity index (χ1) is 19.4. The molecule has 1 aromatic heterocycles. The first-order valence-electron chi connectivity index (χ1n) is 12.0. The fourth-order valence-corrected chi connectivity index (χ4v) is 3.94. The summed E-state index contributed by atoms with van der Waals surface area (Å²) in [6.45, 7) is -0.630. The first kappa shape index (κ1) is 27.6. The van der Waals surface area contributed by atoms with Gasteiger partial charge in [0.15, 0.2) is 6.61 Å². The molecule has 0 aliphatic carbocycles. The maximum absolute atomic E-state index is 12.8. The molecule has 1 heterocycles. The van der Waals surface area contributed by atoms with Gasteiger partial charge < -0.3 is 28.1 Å². The van der Waals surface area contributed by atoms with Crippen molar-refractivity contribution in [1.82, 2.24) is 0 Å². The van der Waals surface area contributed by atoms with Crippen LogP contribution in [0.25, 0.3) is 22.5 Å². The smallest absolute Gasteiger partial charge is 0.342 e. The molecule has 0 unspecified atom stereocenters. The lowest BCUT2D eigenvalue weighted by Crippen LogP contribution is -2.21. The van der Waals surface area contributed by atoms with E-state index in [0.717, 1.165) is 0 Å². The quantitative estimate of drug-likeness (QED) is 0.265. The average molecular weight is 543 g/mol. The van der Waals surface area contributed by atoms with Crippen molar-refractivity contribution in [2.45, 2.75) is 0 Å². The Morgan fingerprint density at radius 2 is 1.38 bits per heavy atom. The van der Waals surface area contributed by atoms with Crippen molar-refractivity contribution in [3.05, 3.63) is 77.9 Å². The van der Waals surface area contributed by atoms with E-state index in [2.05, 4.69) is 11.4 Å². The highest BCUT2D eigenvalue weighted by Gasteiger charge is 2.25. The van der Waals surface area contributed by atoms with Crippen molar-refractivity contribution < 1.29 is 37.7 Å². The molecule has 1 N–H and O–H groups in total. The van der Waals surface area contributed by atoms with Crippen LogP contribution in [0, 0.1) is 11.3 Å². The second-order valence-corrected chi connectivity index (χ2v) is 8.27. The van der Waals surface area contributed by atoms with Gasteiger partial charge in [0.05, 0.1) is 28.4 Å². The zero-order chi connectivity index (χ0) is 28.6. The van der Waals surface area contributed by atoms with Gasteiger partial charge in [0.1, 0.15) is 46.0 Å². The number of ether oxygens (including phenoxy) is 5. The van der Waals surface area contributed by atoms with Crippen LogP contribution < -0.4 is 24.3 Å².